The Labute approximate surface area is 123 Å². The van der Waals surface area contributed by atoms with Gasteiger partial charge in [-0.3, -0.25) is 4.79 Å². The largest absolute Gasteiger partial charge is 0.326 e. The summed E-state index contributed by atoms with van der Waals surface area (Å²) in [6.07, 6.45) is 0. The minimum atomic E-state index is -0.0584. The number of rotatable bonds is 4. The molecule has 2 aromatic carbocycles. The van der Waals surface area contributed by atoms with Gasteiger partial charge in [-0.1, -0.05) is 23.9 Å². The molecule has 0 fully saturated rings. The van der Waals surface area contributed by atoms with Gasteiger partial charge in [-0.15, -0.1) is 0 Å². The van der Waals surface area contributed by atoms with Crippen LogP contribution in [0.1, 0.15) is 25.5 Å². The Hall–Kier alpha value is -1.78. The van der Waals surface area contributed by atoms with Crippen molar-refractivity contribution in [2.24, 2.45) is 5.73 Å². The Bertz CT molecular complexity index is 576. The number of nitrogens with one attached hydrogen (secondary N) is 1. The zero-order valence-corrected chi connectivity index (χ0v) is 12.4. The SMILES string of the molecule is CC(=O)Nc1ccc(Sc2ccc(C(C)N)cc2)cc1. The molecule has 1 amide bonds. The zero-order chi connectivity index (χ0) is 14.5. The third-order valence-electron chi connectivity index (χ3n) is 2.82. The summed E-state index contributed by atoms with van der Waals surface area (Å²) in [6, 6.07) is 16.1. The number of hydrogen-bond donors (Lipinski definition) is 2. The molecule has 0 bridgehead atoms. The van der Waals surface area contributed by atoms with Crippen LogP contribution in [0.5, 0.6) is 0 Å². The van der Waals surface area contributed by atoms with Crippen LogP contribution in [0.15, 0.2) is 58.3 Å². The molecular formula is C16H18N2OS. The first kappa shape index (κ1) is 14.6. The number of hydrogen-bond acceptors (Lipinski definition) is 3. The van der Waals surface area contributed by atoms with E-state index in [9.17, 15) is 4.79 Å². The quantitative estimate of drug-likeness (QED) is 0.898. The molecule has 2 aromatic rings. The molecule has 0 aromatic heterocycles. The minimum Gasteiger partial charge on any atom is -0.326 e. The molecule has 0 heterocycles. The third kappa shape index (κ3) is 4.11. The molecule has 0 aliphatic carbocycles. The molecule has 0 radical (unpaired) electrons. The van der Waals surface area contributed by atoms with Crippen LogP contribution in [-0.2, 0) is 4.79 Å². The summed E-state index contributed by atoms with van der Waals surface area (Å²) in [6.45, 7) is 3.48. The molecule has 20 heavy (non-hydrogen) atoms. The first-order valence-electron chi connectivity index (χ1n) is 6.45. The van der Waals surface area contributed by atoms with E-state index in [1.807, 2.05) is 31.2 Å². The van der Waals surface area contributed by atoms with Gasteiger partial charge in [-0.25, -0.2) is 0 Å². The van der Waals surface area contributed by atoms with E-state index in [4.69, 9.17) is 5.73 Å². The molecule has 104 valence electrons. The fraction of sp³-hybridized carbons (Fsp3) is 0.188. The van der Waals surface area contributed by atoms with E-state index in [2.05, 4.69) is 29.6 Å². The molecule has 1 atom stereocenters. The van der Waals surface area contributed by atoms with Crippen molar-refractivity contribution in [3.05, 3.63) is 54.1 Å². The van der Waals surface area contributed by atoms with Crippen molar-refractivity contribution in [1.82, 2.24) is 0 Å². The maximum absolute atomic E-state index is 10.9. The molecule has 1 unspecified atom stereocenters. The lowest BCUT2D eigenvalue weighted by Crippen LogP contribution is -2.05. The third-order valence-corrected chi connectivity index (χ3v) is 3.83. The van der Waals surface area contributed by atoms with Crippen LogP contribution in [0.2, 0.25) is 0 Å². The number of carbonyl (C=O) groups excluding carboxylic acids is 1. The van der Waals surface area contributed by atoms with E-state index in [-0.39, 0.29) is 11.9 Å². The summed E-state index contributed by atoms with van der Waals surface area (Å²) in [7, 11) is 0. The van der Waals surface area contributed by atoms with Gasteiger partial charge in [0.1, 0.15) is 0 Å². The second kappa shape index (κ2) is 6.59. The van der Waals surface area contributed by atoms with E-state index in [1.54, 1.807) is 11.8 Å². The predicted molar refractivity (Wildman–Crippen MR) is 83.9 cm³/mol. The lowest BCUT2D eigenvalue weighted by atomic mass is 10.1. The Balaban J connectivity index is 2.04. The summed E-state index contributed by atoms with van der Waals surface area (Å²) in [5.41, 5.74) is 7.78. The fourth-order valence-electron chi connectivity index (χ4n) is 1.79. The second-order valence-electron chi connectivity index (χ2n) is 4.67. The Morgan fingerprint density at radius 2 is 1.55 bits per heavy atom. The van der Waals surface area contributed by atoms with Crippen LogP contribution in [0.25, 0.3) is 0 Å². The topological polar surface area (TPSA) is 55.1 Å². The lowest BCUT2D eigenvalue weighted by Gasteiger charge is -2.07. The summed E-state index contributed by atoms with van der Waals surface area (Å²) in [5, 5.41) is 2.75. The van der Waals surface area contributed by atoms with Crippen LogP contribution in [0.3, 0.4) is 0 Å². The maximum atomic E-state index is 10.9. The molecule has 0 saturated heterocycles. The molecule has 3 nitrogen and oxygen atoms in total. The monoisotopic (exact) mass is 286 g/mol. The summed E-state index contributed by atoms with van der Waals surface area (Å²) in [5.74, 6) is -0.0584. The van der Waals surface area contributed by atoms with Crippen LogP contribution < -0.4 is 11.1 Å². The van der Waals surface area contributed by atoms with Gasteiger partial charge in [0.05, 0.1) is 0 Å². The van der Waals surface area contributed by atoms with Gasteiger partial charge in [0.2, 0.25) is 5.91 Å². The van der Waals surface area contributed by atoms with Crippen molar-refractivity contribution < 1.29 is 4.79 Å². The molecule has 0 aliphatic rings. The minimum absolute atomic E-state index is 0.0584. The average molecular weight is 286 g/mol. The normalized spacial score (nSPS) is 11.9. The van der Waals surface area contributed by atoms with Crippen LogP contribution in [-0.4, -0.2) is 5.91 Å². The van der Waals surface area contributed by atoms with E-state index in [0.29, 0.717) is 0 Å². The van der Waals surface area contributed by atoms with E-state index < -0.39 is 0 Å². The average Bonchev–Trinajstić information content (AvgIpc) is 2.41. The van der Waals surface area contributed by atoms with Crippen LogP contribution >= 0.6 is 11.8 Å². The Morgan fingerprint density at radius 1 is 1.05 bits per heavy atom. The number of benzene rings is 2. The van der Waals surface area contributed by atoms with Crippen molar-refractivity contribution in [3.8, 4) is 0 Å². The van der Waals surface area contributed by atoms with Gasteiger partial charge < -0.3 is 11.1 Å². The summed E-state index contributed by atoms with van der Waals surface area (Å²) >= 11 is 1.68. The number of amides is 1. The van der Waals surface area contributed by atoms with Gasteiger partial charge in [-0.2, -0.15) is 0 Å². The Morgan fingerprint density at radius 3 is 2.00 bits per heavy atom. The number of nitrogens with two attached hydrogens (primary N) is 1. The van der Waals surface area contributed by atoms with Gasteiger partial charge in [0.15, 0.2) is 0 Å². The molecule has 0 spiro atoms. The molecule has 2 rings (SSSR count). The molecule has 0 aliphatic heterocycles. The lowest BCUT2D eigenvalue weighted by molar-refractivity contribution is -0.114. The van der Waals surface area contributed by atoms with Gasteiger partial charge in [-0.05, 0) is 48.9 Å². The summed E-state index contributed by atoms with van der Waals surface area (Å²) in [4.78, 5) is 13.2. The molecule has 0 saturated carbocycles. The van der Waals surface area contributed by atoms with Crippen molar-refractivity contribution in [2.45, 2.75) is 29.7 Å². The van der Waals surface area contributed by atoms with Crippen molar-refractivity contribution in [3.63, 3.8) is 0 Å². The van der Waals surface area contributed by atoms with E-state index in [1.165, 1.54) is 11.8 Å². The molecular weight excluding hydrogens is 268 g/mol. The van der Waals surface area contributed by atoms with Gasteiger partial charge >= 0.3 is 0 Å². The fourth-order valence-corrected chi connectivity index (χ4v) is 2.60. The predicted octanol–water partition coefficient (Wildman–Crippen LogP) is 3.82. The van der Waals surface area contributed by atoms with Crippen molar-refractivity contribution in [1.29, 1.82) is 0 Å². The Kier molecular flexibility index (Phi) is 4.82. The van der Waals surface area contributed by atoms with Crippen molar-refractivity contribution >= 4 is 23.4 Å². The zero-order valence-electron chi connectivity index (χ0n) is 11.6. The molecule has 4 heteroatoms. The smallest absolute Gasteiger partial charge is 0.221 e. The van der Waals surface area contributed by atoms with E-state index in [0.717, 1.165) is 16.1 Å². The first-order chi connectivity index (χ1) is 9.54. The highest BCUT2D eigenvalue weighted by atomic mass is 32.2. The first-order valence-corrected chi connectivity index (χ1v) is 7.27. The van der Waals surface area contributed by atoms with Gasteiger partial charge in [0.25, 0.3) is 0 Å². The second-order valence-corrected chi connectivity index (χ2v) is 5.81. The molecule has 3 N–H and O–H groups in total. The number of anilines is 1. The maximum Gasteiger partial charge on any atom is 0.221 e. The number of carbonyl (C=O) groups is 1. The highest BCUT2D eigenvalue weighted by molar-refractivity contribution is 7.99. The standard InChI is InChI=1S/C16H18N2OS/c1-11(17)13-3-7-15(8-4-13)20-16-9-5-14(6-10-16)18-12(2)19/h3-11H,17H2,1-2H3,(H,18,19). The summed E-state index contributed by atoms with van der Waals surface area (Å²) < 4.78 is 0. The van der Waals surface area contributed by atoms with Crippen molar-refractivity contribution in [2.75, 3.05) is 5.32 Å². The van der Waals surface area contributed by atoms with Crippen LogP contribution in [0.4, 0.5) is 5.69 Å². The van der Waals surface area contributed by atoms with Crippen LogP contribution in [0, 0.1) is 0 Å². The highest BCUT2D eigenvalue weighted by Crippen LogP contribution is 2.29. The van der Waals surface area contributed by atoms with E-state index >= 15 is 0 Å². The highest BCUT2D eigenvalue weighted by Gasteiger charge is 2.01. The van der Waals surface area contributed by atoms with Gasteiger partial charge in [0, 0.05) is 28.4 Å².